The number of benzene rings is 2. The van der Waals surface area contributed by atoms with E-state index < -0.39 is 0 Å². The van der Waals surface area contributed by atoms with Gasteiger partial charge in [-0.2, -0.15) is 0 Å². The van der Waals surface area contributed by atoms with Crippen LogP contribution in [0.4, 0.5) is 4.39 Å². The highest BCUT2D eigenvalue weighted by Gasteiger charge is 2.34. The van der Waals surface area contributed by atoms with E-state index in [2.05, 4.69) is 10.6 Å². The molecule has 1 saturated heterocycles. The first-order chi connectivity index (χ1) is 14.6. The van der Waals surface area contributed by atoms with Crippen molar-refractivity contribution in [1.82, 2.24) is 10.6 Å². The van der Waals surface area contributed by atoms with E-state index in [1.165, 1.54) is 12.1 Å². The highest BCUT2D eigenvalue weighted by atomic mass is 19.1. The van der Waals surface area contributed by atoms with Crippen LogP contribution in [-0.4, -0.2) is 46.4 Å². The quantitative estimate of drug-likeness (QED) is 0.658. The van der Waals surface area contributed by atoms with Gasteiger partial charge >= 0.3 is 0 Å². The molecule has 162 valence electrons. The molecule has 0 atom stereocenters. The minimum absolute atomic E-state index is 0.0801. The summed E-state index contributed by atoms with van der Waals surface area (Å²) >= 11 is 0. The molecule has 1 fully saturated rings. The molecule has 1 aliphatic rings. The Kier molecular flexibility index (Phi) is 7.65. The van der Waals surface area contributed by atoms with Gasteiger partial charge in [0.15, 0.2) is 11.5 Å². The van der Waals surface area contributed by atoms with E-state index in [-0.39, 0.29) is 23.8 Å². The number of carbonyl (C=O) groups excluding carboxylic acids is 1. The molecule has 0 aliphatic carbocycles. The third kappa shape index (κ3) is 5.49. The lowest BCUT2D eigenvalue weighted by Crippen LogP contribution is -2.50. The Balaban J connectivity index is 1.53. The Bertz CT molecular complexity index is 836. The van der Waals surface area contributed by atoms with Crippen LogP contribution < -0.4 is 20.1 Å². The number of hydrogen-bond acceptors (Lipinski definition) is 5. The van der Waals surface area contributed by atoms with Gasteiger partial charge in [0.2, 0.25) is 5.91 Å². The minimum atomic E-state index is -0.382. The zero-order valence-corrected chi connectivity index (χ0v) is 17.5. The first-order valence-electron chi connectivity index (χ1n) is 10.1. The second-order valence-electron chi connectivity index (χ2n) is 7.34. The predicted octanol–water partition coefficient (Wildman–Crippen LogP) is 2.80. The van der Waals surface area contributed by atoms with Gasteiger partial charge in [0, 0.05) is 25.3 Å². The van der Waals surface area contributed by atoms with Crippen LogP contribution in [0.2, 0.25) is 0 Å². The zero-order chi connectivity index (χ0) is 21.4. The van der Waals surface area contributed by atoms with Gasteiger partial charge in [-0.15, -0.1) is 0 Å². The molecule has 7 heteroatoms. The number of amides is 1. The van der Waals surface area contributed by atoms with E-state index in [1.807, 2.05) is 18.2 Å². The first-order valence-corrected chi connectivity index (χ1v) is 10.1. The van der Waals surface area contributed by atoms with Crippen LogP contribution >= 0.6 is 0 Å². The molecule has 0 bridgehead atoms. The molecule has 0 spiro atoms. The van der Waals surface area contributed by atoms with Crippen LogP contribution in [0.3, 0.4) is 0 Å². The maximum Gasteiger partial charge on any atom is 0.233 e. The molecule has 3 rings (SSSR count). The van der Waals surface area contributed by atoms with E-state index in [4.69, 9.17) is 14.2 Å². The maximum absolute atomic E-state index is 13.3. The molecular formula is C23H29FN2O4. The largest absolute Gasteiger partial charge is 0.493 e. The molecule has 0 aromatic heterocycles. The molecule has 1 heterocycles. The molecule has 0 radical (unpaired) electrons. The highest BCUT2D eigenvalue weighted by molar-refractivity contribution is 5.78. The fraction of sp³-hybridized carbons (Fsp3) is 0.435. The monoisotopic (exact) mass is 416 g/mol. The van der Waals surface area contributed by atoms with Crippen molar-refractivity contribution in [1.29, 1.82) is 0 Å². The molecule has 2 aromatic rings. The molecule has 1 aliphatic heterocycles. The number of carbonyl (C=O) groups is 1. The zero-order valence-electron chi connectivity index (χ0n) is 17.5. The molecule has 2 N–H and O–H groups in total. The molecule has 0 unspecified atom stereocenters. The van der Waals surface area contributed by atoms with Gasteiger partial charge in [0.05, 0.1) is 20.8 Å². The number of ether oxygens (including phenoxy) is 3. The number of methoxy groups -OCH3 is 2. The van der Waals surface area contributed by atoms with Gasteiger partial charge in [-0.3, -0.25) is 10.1 Å². The van der Waals surface area contributed by atoms with Crippen LogP contribution in [0.5, 0.6) is 11.5 Å². The second kappa shape index (κ2) is 10.4. The molecule has 0 saturated carbocycles. The summed E-state index contributed by atoms with van der Waals surface area (Å²) in [6.45, 7) is 1.91. The lowest BCUT2D eigenvalue weighted by atomic mass is 9.82. The Morgan fingerprint density at radius 2 is 1.77 bits per heavy atom. The van der Waals surface area contributed by atoms with E-state index in [0.717, 1.165) is 24.0 Å². The summed E-state index contributed by atoms with van der Waals surface area (Å²) < 4.78 is 29.4. The van der Waals surface area contributed by atoms with Crippen molar-refractivity contribution in [3.63, 3.8) is 0 Å². The Labute approximate surface area is 176 Å². The van der Waals surface area contributed by atoms with Crippen LogP contribution in [0, 0.1) is 5.82 Å². The summed E-state index contributed by atoms with van der Waals surface area (Å²) in [4.78, 5) is 12.4. The number of hydrogen-bond donors (Lipinski definition) is 2. The molecule has 1 amide bonds. The summed E-state index contributed by atoms with van der Waals surface area (Å²) in [6.07, 6.45) is 2.15. The first kappa shape index (κ1) is 22.1. The maximum atomic E-state index is 13.3. The van der Waals surface area contributed by atoms with E-state index >= 15 is 0 Å². The van der Waals surface area contributed by atoms with Crippen molar-refractivity contribution >= 4 is 5.91 Å². The van der Waals surface area contributed by atoms with Gasteiger partial charge < -0.3 is 19.5 Å². The van der Waals surface area contributed by atoms with Crippen molar-refractivity contribution in [3.8, 4) is 11.5 Å². The average molecular weight is 416 g/mol. The normalized spacial score (nSPS) is 15.4. The molecule has 30 heavy (non-hydrogen) atoms. The number of nitrogens with one attached hydrogen (secondary N) is 2. The smallest absolute Gasteiger partial charge is 0.233 e. The molecule has 6 nitrogen and oxygen atoms in total. The van der Waals surface area contributed by atoms with Crippen molar-refractivity contribution < 1.29 is 23.4 Å². The summed E-state index contributed by atoms with van der Waals surface area (Å²) in [5, 5.41) is 6.35. The summed E-state index contributed by atoms with van der Waals surface area (Å²) in [5.41, 5.74) is 1.64. The summed E-state index contributed by atoms with van der Waals surface area (Å²) in [6, 6.07) is 12.2. The summed E-state index contributed by atoms with van der Waals surface area (Å²) in [7, 11) is 3.20. The van der Waals surface area contributed by atoms with E-state index in [9.17, 15) is 9.18 Å². The number of rotatable bonds is 9. The second-order valence-corrected chi connectivity index (χ2v) is 7.34. The van der Waals surface area contributed by atoms with E-state index in [1.54, 1.807) is 26.4 Å². The Morgan fingerprint density at radius 1 is 1.07 bits per heavy atom. The van der Waals surface area contributed by atoms with Gasteiger partial charge in [-0.05, 0) is 54.7 Å². The van der Waals surface area contributed by atoms with Crippen molar-refractivity contribution in [3.05, 3.63) is 59.4 Å². The number of halogens is 1. The van der Waals surface area contributed by atoms with Crippen LogP contribution in [0.1, 0.15) is 24.0 Å². The third-order valence-corrected chi connectivity index (χ3v) is 5.51. The fourth-order valence-electron chi connectivity index (χ4n) is 3.75. The van der Waals surface area contributed by atoms with Gasteiger partial charge in [-0.25, -0.2) is 4.39 Å². The van der Waals surface area contributed by atoms with Gasteiger partial charge in [0.1, 0.15) is 5.82 Å². The minimum Gasteiger partial charge on any atom is -0.493 e. The van der Waals surface area contributed by atoms with Crippen LogP contribution in [0.25, 0.3) is 0 Å². The van der Waals surface area contributed by atoms with E-state index in [0.29, 0.717) is 37.7 Å². The Morgan fingerprint density at radius 3 is 2.43 bits per heavy atom. The Hall–Kier alpha value is -2.64. The lowest BCUT2D eigenvalue weighted by Gasteiger charge is -2.38. The van der Waals surface area contributed by atoms with Gasteiger partial charge in [-0.1, -0.05) is 18.2 Å². The molecular weight excluding hydrogens is 387 g/mol. The lowest BCUT2D eigenvalue weighted by molar-refractivity contribution is -0.120. The van der Waals surface area contributed by atoms with Crippen LogP contribution in [-0.2, 0) is 21.5 Å². The van der Waals surface area contributed by atoms with Crippen molar-refractivity contribution in [2.24, 2.45) is 0 Å². The van der Waals surface area contributed by atoms with Crippen molar-refractivity contribution in [2.45, 2.75) is 24.8 Å². The summed E-state index contributed by atoms with van der Waals surface area (Å²) in [5.74, 6) is 0.998. The fourth-order valence-corrected chi connectivity index (χ4v) is 3.75. The molecule has 2 aromatic carbocycles. The van der Waals surface area contributed by atoms with Crippen molar-refractivity contribution in [2.75, 3.05) is 40.5 Å². The SMILES string of the molecule is COc1ccc(CCNC(=O)CNC2(c3ccc(F)cc3)CCOCC2)cc1OC. The highest BCUT2D eigenvalue weighted by Crippen LogP contribution is 2.32. The predicted molar refractivity (Wildman–Crippen MR) is 112 cm³/mol. The standard InChI is InChI=1S/C23H29FN2O4/c1-28-20-8-3-17(15-21(20)29-2)9-12-25-22(27)16-26-23(10-13-30-14-11-23)18-4-6-19(24)7-5-18/h3-8,15,26H,9-14,16H2,1-2H3,(H,25,27). The van der Waals surface area contributed by atoms with Gasteiger partial charge in [0.25, 0.3) is 0 Å². The van der Waals surface area contributed by atoms with Crippen LogP contribution in [0.15, 0.2) is 42.5 Å². The topological polar surface area (TPSA) is 68.8 Å². The average Bonchev–Trinajstić information content (AvgIpc) is 2.78. The third-order valence-electron chi connectivity index (χ3n) is 5.51.